The van der Waals surface area contributed by atoms with E-state index in [0.717, 1.165) is 38.9 Å². The zero-order valence-electron chi connectivity index (χ0n) is 11.8. The van der Waals surface area contributed by atoms with Gasteiger partial charge in [0.1, 0.15) is 5.82 Å². The SMILES string of the molecule is CCCNc1ncc(C(=O)NN2CCCCC2)cc1Cl. The highest BCUT2D eigenvalue weighted by atomic mass is 35.5. The fourth-order valence-electron chi connectivity index (χ4n) is 2.15. The van der Waals surface area contributed by atoms with Crippen molar-refractivity contribution in [3.05, 3.63) is 22.8 Å². The van der Waals surface area contributed by atoms with Crippen LogP contribution in [0.25, 0.3) is 0 Å². The van der Waals surface area contributed by atoms with E-state index in [1.165, 1.54) is 6.42 Å². The molecule has 0 unspecified atom stereocenters. The van der Waals surface area contributed by atoms with Crippen molar-refractivity contribution in [2.75, 3.05) is 25.0 Å². The zero-order chi connectivity index (χ0) is 14.4. The molecule has 5 nitrogen and oxygen atoms in total. The molecule has 1 aliphatic heterocycles. The number of pyridine rings is 1. The van der Waals surface area contributed by atoms with E-state index in [0.29, 0.717) is 16.4 Å². The molecule has 2 rings (SSSR count). The lowest BCUT2D eigenvalue weighted by molar-refractivity contribution is 0.0749. The summed E-state index contributed by atoms with van der Waals surface area (Å²) in [4.78, 5) is 16.3. The number of carbonyl (C=O) groups is 1. The molecule has 0 spiro atoms. The van der Waals surface area contributed by atoms with Gasteiger partial charge in [-0.1, -0.05) is 24.9 Å². The molecule has 1 amide bonds. The molecule has 0 bridgehead atoms. The largest absolute Gasteiger partial charge is 0.369 e. The summed E-state index contributed by atoms with van der Waals surface area (Å²) in [5.74, 6) is 0.478. The van der Waals surface area contributed by atoms with Gasteiger partial charge in [-0.2, -0.15) is 0 Å². The number of carbonyl (C=O) groups excluding carboxylic acids is 1. The van der Waals surface area contributed by atoms with Gasteiger partial charge >= 0.3 is 0 Å². The number of hydrazine groups is 1. The van der Waals surface area contributed by atoms with Crippen LogP contribution in [0.4, 0.5) is 5.82 Å². The van der Waals surface area contributed by atoms with E-state index in [9.17, 15) is 4.79 Å². The lowest BCUT2D eigenvalue weighted by Gasteiger charge is -2.26. The number of rotatable bonds is 5. The van der Waals surface area contributed by atoms with E-state index in [1.54, 1.807) is 12.3 Å². The summed E-state index contributed by atoms with van der Waals surface area (Å²) in [5.41, 5.74) is 3.39. The van der Waals surface area contributed by atoms with Crippen LogP contribution in [0.3, 0.4) is 0 Å². The van der Waals surface area contributed by atoms with Crippen molar-refractivity contribution in [3.63, 3.8) is 0 Å². The Balaban J connectivity index is 1.97. The van der Waals surface area contributed by atoms with Crippen LogP contribution in [0, 0.1) is 0 Å². The van der Waals surface area contributed by atoms with Crippen LogP contribution < -0.4 is 10.7 Å². The molecule has 1 aromatic heterocycles. The summed E-state index contributed by atoms with van der Waals surface area (Å²) in [6.45, 7) is 4.69. The normalized spacial score (nSPS) is 15.9. The quantitative estimate of drug-likeness (QED) is 0.877. The minimum absolute atomic E-state index is 0.150. The monoisotopic (exact) mass is 296 g/mol. The number of halogens is 1. The Morgan fingerprint density at radius 2 is 2.15 bits per heavy atom. The van der Waals surface area contributed by atoms with E-state index < -0.39 is 0 Å². The maximum Gasteiger partial charge on any atom is 0.267 e. The highest BCUT2D eigenvalue weighted by Crippen LogP contribution is 2.20. The number of hydrogen-bond acceptors (Lipinski definition) is 4. The number of aromatic nitrogens is 1. The zero-order valence-corrected chi connectivity index (χ0v) is 12.5. The second kappa shape index (κ2) is 7.45. The fraction of sp³-hybridized carbons (Fsp3) is 0.571. The lowest BCUT2D eigenvalue weighted by Crippen LogP contribution is -2.45. The van der Waals surface area contributed by atoms with Gasteiger partial charge in [0.15, 0.2) is 0 Å². The van der Waals surface area contributed by atoms with E-state index in [1.807, 2.05) is 5.01 Å². The molecule has 0 saturated carbocycles. The molecule has 20 heavy (non-hydrogen) atoms. The van der Waals surface area contributed by atoms with Crippen LogP contribution in [-0.4, -0.2) is 35.5 Å². The van der Waals surface area contributed by atoms with Crippen molar-refractivity contribution in [1.29, 1.82) is 0 Å². The topological polar surface area (TPSA) is 57.3 Å². The van der Waals surface area contributed by atoms with Gasteiger partial charge in [-0.3, -0.25) is 10.2 Å². The number of piperidine rings is 1. The first-order valence-electron chi connectivity index (χ1n) is 7.16. The molecule has 6 heteroatoms. The van der Waals surface area contributed by atoms with Crippen molar-refractivity contribution in [2.24, 2.45) is 0 Å². The highest BCUT2D eigenvalue weighted by molar-refractivity contribution is 6.33. The van der Waals surface area contributed by atoms with Crippen molar-refractivity contribution < 1.29 is 4.79 Å². The molecule has 110 valence electrons. The average molecular weight is 297 g/mol. The lowest BCUT2D eigenvalue weighted by atomic mass is 10.2. The standard InChI is InChI=1S/C14H21ClN4O/c1-2-6-16-13-12(15)9-11(10-17-13)14(20)18-19-7-4-3-5-8-19/h9-10H,2-8H2,1H3,(H,16,17)(H,18,20). The molecule has 1 saturated heterocycles. The van der Waals surface area contributed by atoms with Gasteiger partial charge in [-0.15, -0.1) is 0 Å². The van der Waals surface area contributed by atoms with E-state index >= 15 is 0 Å². The fourth-order valence-corrected chi connectivity index (χ4v) is 2.38. The van der Waals surface area contributed by atoms with Gasteiger partial charge in [0.2, 0.25) is 0 Å². The maximum atomic E-state index is 12.1. The van der Waals surface area contributed by atoms with Crippen LogP contribution >= 0.6 is 11.6 Å². The van der Waals surface area contributed by atoms with E-state index in [2.05, 4.69) is 22.7 Å². The molecule has 0 aromatic carbocycles. The van der Waals surface area contributed by atoms with E-state index in [-0.39, 0.29) is 5.91 Å². The predicted molar refractivity (Wildman–Crippen MR) is 80.9 cm³/mol. The Labute approximate surface area is 124 Å². The minimum atomic E-state index is -0.150. The first-order valence-corrected chi connectivity index (χ1v) is 7.54. The Kier molecular flexibility index (Phi) is 5.61. The third-order valence-corrected chi connectivity index (χ3v) is 3.55. The third kappa shape index (κ3) is 4.08. The van der Waals surface area contributed by atoms with Crippen molar-refractivity contribution in [3.8, 4) is 0 Å². The minimum Gasteiger partial charge on any atom is -0.369 e. The van der Waals surface area contributed by atoms with Gasteiger partial charge < -0.3 is 5.32 Å². The molecule has 0 aliphatic carbocycles. The smallest absolute Gasteiger partial charge is 0.267 e. The van der Waals surface area contributed by atoms with Gasteiger partial charge in [0.05, 0.1) is 10.6 Å². The summed E-state index contributed by atoms with van der Waals surface area (Å²) in [7, 11) is 0. The Bertz CT molecular complexity index is 460. The van der Waals surface area contributed by atoms with Crippen LogP contribution in [-0.2, 0) is 0 Å². The summed E-state index contributed by atoms with van der Waals surface area (Å²) < 4.78 is 0. The van der Waals surface area contributed by atoms with Crippen LogP contribution in [0.15, 0.2) is 12.3 Å². The molecule has 1 aromatic rings. The molecule has 1 fully saturated rings. The van der Waals surface area contributed by atoms with Crippen molar-refractivity contribution >= 4 is 23.3 Å². The van der Waals surface area contributed by atoms with Gasteiger partial charge in [-0.05, 0) is 25.3 Å². The predicted octanol–water partition coefficient (Wildman–Crippen LogP) is 2.69. The second-order valence-electron chi connectivity index (χ2n) is 4.97. The second-order valence-corrected chi connectivity index (χ2v) is 5.38. The van der Waals surface area contributed by atoms with Gasteiger partial charge in [0.25, 0.3) is 5.91 Å². The van der Waals surface area contributed by atoms with Crippen LogP contribution in [0.1, 0.15) is 43.0 Å². The molecule has 2 heterocycles. The van der Waals surface area contributed by atoms with E-state index in [4.69, 9.17) is 11.6 Å². The maximum absolute atomic E-state index is 12.1. The molecule has 2 N–H and O–H groups in total. The summed E-state index contributed by atoms with van der Waals surface area (Å²) in [6, 6.07) is 1.66. The molecule has 0 atom stereocenters. The summed E-state index contributed by atoms with van der Waals surface area (Å²) in [6.07, 6.45) is 6.04. The Hall–Kier alpha value is -1.33. The number of amides is 1. The summed E-state index contributed by atoms with van der Waals surface area (Å²) in [5, 5.41) is 5.56. The first kappa shape index (κ1) is 15.1. The highest BCUT2D eigenvalue weighted by Gasteiger charge is 2.15. The van der Waals surface area contributed by atoms with Crippen LogP contribution in [0.5, 0.6) is 0 Å². The van der Waals surface area contributed by atoms with Gasteiger partial charge in [-0.25, -0.2) is 9.99 Å². The van der Waals surface area contributed by atoms with Crippen molar-refractivity contribution in [2.45, 2.75) is 32.6 Å². The average Bonchev–Trinajstić information content (AvgIpc) is 2.47. The van der Waals surface area contributed by atoms with Crippen LogP contribution in [0.2, 0.25) is 5.02 Å². The molecule has 0 radical (unpaired) electrons. The Morgan fingerprint density at radius 1 is 1.40 bits per heavy atom. The van der Waals surface area contributed by atoms with Crippen molar-refractivity contribution in [1.82, 2.24) is 15.4 Å². The number of nitrogens with one attached hydrogen (secondary N) is 2. The summed E-state index contributed by atoms with van der Waals surface area (Å²) >= 11 is 6.13. The number of hydrogen-bond donors (Lipinski definition) is 2. The molecule has 1 aliphatic rings. The number of anilines is 1. The molecular formula is C14H21ClN4O. The number of nitrogens with zero attached hydrogens (tertiary/aromatic N) is 2. The first-order chi connectivity index (χ1) is 9.70. The Morgan fingerprint density at radius 3 is 2.80 bits per heavy atom. The van der Waals surface area contributed by atoms with Gasteiger partial charge in [0, 0.05) is 25.8 Å². The third-order valence-electron chi connectivity index (χ3n) is 3.26. The molecular weight excluding hydrogens is 276 g/mol.